The van der Waals surface area contributed by atoms with Crippen molar-refractivity contribution < 1.29 is 17.9 Å². The van der Waals surface area contributed by atoms with E-state index in [1.807, 2.05) is 13.0 Å². The monoisotopic (exact) mass is 432 g/mol. The van der Waals surface area contributed by atoms with E-state index in [2.05, 4.69) is 15.4 Å². The quantitative estimate of drug-likeness (QED) is 0.494. The normalized spacial score (nSPS) is 17.6. The fourth-order valence-corrected chi connectivity index (χ4v) is 4.89. The number of benzene rings is 1. The molecule has 0 aliphatic carbocycles. The van der Waals surface area contributed by atoms with Crippen molar-refractivity contribution in [2.75, 3.05) is 16.6 Å². The maximum Gasteiger partial charge on any atom is 0.271 e. The van der Waals surface area contributed by atoms with Crippen LogP contribution in [0.3, 0.4) is 0 Å². The van der Waals surface area contributed by atoms with Crippen LogP contribution in [0.25, 0.3) is 0 Å². The van der Waals surface area contributed by atoms with Gasteiger partial charge in [0.15, 0.2) is 5.57 Å². The number of nitriles is 1. The highest BCUT2D eigenvalue weighted by atomic mass is 32.2. The number of hydrogen-bond donors (Lipinski definition) is 3. The zero-order valence-electron chi connectivity index (χ0n) is 15.9. The molecule has 2 heterocycles. The number of hydrogen-bond acceptors (Lipinski definition) is 7. The van der Waals surface area contributed by atoms with Gasteiger partial charge in [0.25, 0.3) is 15.9 Å². The van der Waals surface area contributed by atoms with E-state index in [0.29, 0.717) is 24.3 Å². The van der Waals surface area contributed by atoms with Crippen LogP contribution >= 0.6 is 11.3 Å². The Hall–Kier alpha value is -3.03. The van der Waals surface area contributed by atoms with Crippen LogP contribution in [0.1, 0.15) is 19.4 Å². The molecule has 10 heteroatoms. The highest BCUT2D eigenvalue weighted by Gasteiger charge is 2.24. The van der Waals surface area contributed by atoms with Gasteiger partial charge in [-0.15, -0.1) is 11.3 Å². The summed E-state index contributed by atoms with van der Waals surface area (Å²) in [4.78, 5) is 12.1. The van der Waals surface area contributed by atoms with Gasteiger partial charge in [-0.1, -0.05) is 6.07 Å². The summed E-state index contributed by atoms with van der Waals surface area (Å²) in [6.07, 6.45) is 0.134. The largest absolute Gasteiger partial charge is 0.475 e. The third-order valence-corrected chi connectivity index (χ3v) is 6.87. The topological polar surface area (TPSA) is 120 Å². The molecule has 1 unspecified atom stereocenters. The summed E-state index contributed by atoms with van der Waals surface area (Å²) in [5, 5.41) is 16.7. The Morgan fingerprint density at radius 1 is 1.41 bits per heavy atom. The van der Waals surface area contributed by atoms with Gasteiger partial charge in [0, 0.05) is 24.3 Å². The number of fused-ring (bicyclic) bond motifs is 1. The molecule has 0 spiro atoms. The molecule has 2 aromatic rings. The Kier molecular flexibility index (Phi) is 6.10. The molecular weight excluding hydrogens is 412 g/mol. The second-order valence-corrected chi connectivity index (χ2v) is 9.20. The summed E-state index contributed by atoms with van der Waals surface area (Å²) in [5.41, 5.74) is 1.71. The minimum absolute atomic E-state index is 0.0802. The van der Waals surface area contributed by atoms with Gasteiger partial charge in [-0.3, -0.25) is 9.52 Å². The van der Waals surface area contributed by atoms with E-state index in [1.54, 1.807) is 36.6 Å². The molecule has 0 saturated heterocycles. The molecule has 3 rings (SSSR count). The van der Waals surface area contributed by atoms with Crippen molar-refractivity contribution in [1.82, 2.24) is 5.32 Å². The van der Waals surface area contributed by atoms with Crippen LogP contribution in [-0.2, 0) is 26.0 Å². The van der Waals surface area contributed by atoms with E-state index >= 15 is 0 Å². The van der Waals surface area contributed by atoms with Crippen molar-refractivity contribution in [2.45, 2.75) is 30.6 Å². The molecule has 1 aromatic carbocycles. The average molecular weight is 433 g/mol. The molecule has 29 heavy (non-hydrogen) atoms. The third-order valence-electron chi connectivity index (χ3n) is 4.10. The van der Waals surface area contributed by atoms with Crippen molar-refractivity contribution >= 4 is 38.6 Å². The summed E-state index contributed by atoms with van der Waals surface area (Å²) in [5.74, 6) is -0.440. The summed E-state index contributed by atoms with van der Waals surface area (Å²) >= 11 is 1.14. The summed E-state index contributed by atoms with van der Waals surface area (Å²) in [7, 11) is -3.65. The van der Waals surface area contributed by atoms with Crippen LogP contribution in [0.15, 0.2) is 51.4 Å². The zero-order valence-corrected chi connectivity index (χ0v) is 17.5. The van der Waals surface area contributed by atoms with Gasteiger partial charge in [0.2, 0.25) is 5.88 Å². The molecule has 1 aliphatic heterocycles. The van der Waals surface area contributed by atoms with Crippen molar-refractivity contribution in [3.8, 4) is 6.07 Å². The Balaban J connectivity index is 1.92. The number of nitrogens with zero attached hydrogens (tertiary/aromatic N) is 1. The molecule has 1 atom stereocenters. The maximum absolute atomic E-state index is 12.5. The fourth-order valence-electron chi connectivity index (χ4n) is 2.85. The van der Waals surface area contributed by atoms with Gasteiger partial charge in [0.05, 0.1) is 0 Å². The van der Waals surface area contributed by atoms with Gasteiger partial charge in [-0.25, -0.2) is 8.42 Å². The van der Waals surface area contributed by atoms with Crippen molar-refractivity contribution in [1.29, 1.82) is 5.26 Å². The van der Waals surface area contributed by atoms with E-state index in [0.717, 1.165) is 16.9 Å². The summed E-state index contributed by atoms with van der Waals surface area (Å²) < 4.78 is 33.5. The van der Waals surface area contributed by atoms with Crippen LogP contribution in [-0.4, -0.2) is 27.0 Å². The van der Waals surface area contributed by atoms with E-state index < -0.39 is 15.9 Å². The molecule has 0 bridgehead atoms. The second kappa shape index (κ2) is 8.55. The first-order valence-electron chi connectivity index (χ1n) is 8.89. The lowest BCUT2D eigenvalue weighted by Gasteiger charge is -2.14. The molecule has 152 valence electrons. The predicted molar refractivity (Wildman–Crippen MR) is 111 cm³/mol. The smallest absolute Gasteiger partial charge is 0.271 e. The summed E-state index contributed by atoms with van der Waals surface area (Å²) in [6.45, 7) is 3.96. The van der Waals surface area contributed by atoms with Gasteiger partial charge >= 0.3 is 0 Å². The van der Waals surface area contributed by atoms with Crippen LogP contribution in [0.4, 0.5) is 11.4 Å². The lowest BCUT2D eigenvalue weighted by atomic mass is 10.1. The Morgan fingerprint density at radius 2 is 2.21 bits per heavy atom. The molecule has 1 amide bonds. The number of nitrogens with one attached hydrogen (secondary N) is 3. The number of anilines is 2. The number of amides is 1. The van der Waals surface area contributed by atoms with Crippen LogP contribution < -0.4 is 15.4 Å². The minimum Gasteiger partial charge on any atom is -0.475 e. The first-order valence-corrected chi connectivity index (χ1v) is 11.3. The van der Waals surface area contributed by atoms with Gasteiger partial charge in [-0.2, -0.15) is 5.26 Å². The van der Waals surface area contributed by atoms with E-state index in [-0.39, 0.29) is 21.8 Å². The Bertz CT molecular complexity index is 1090. The first-order chi connectivity index (χ1) is 13.8. The number of thiophene rings is 1. The molecule has 0 saturated carbocycles. The fraction of sp³-hybridized carbons (Fsp3) is 0.263. The van der Waals surface area contributed by atoms with E-state index in [9.17, 15) is 18.5 Å². The van der Waals surface area contributed by atoms with Crippen molar-refractivity contribution in [3.63, 3.8) is 0 Å². The lowest BCUT2D eigenvalue weighted by molar-refractivity contribution is -0.117. The van der Waals surface area contributed by atoms with E-state index in [4.69, 9.17) is 4.74 Å². The number of carbonyl (C=O) groups excluding carboxylic acids is 1. The minimum atomic E-state index is -3.65. The number of sulfonamides is 1. The third kappa shape index (κ3) is 4.70. The number of rotatable bonds is 5. The number of likely N-dealkylation sites (N-methyl/N-ethyl adjacent to an activating group) is 1. The van der Waals surface area contributed by atoms with Crippen LogP contribution in [0.5, 0.6) is 0 Å². The van der Waals surface area contributed by atoms with Gasteiger partial charge in [-0.05, 0) is 49.1 Å². The molecule has 0 radical (unpaired) electrons. The maximum atomic E-state index is 12.5. The average Bonchev–Trinajstić information content (AvgIpc) is 3.15. The van der Waals surface area contributed by atoms with Crippen molar-refractivity contribution in [2.24, 2.45) is 0 Å². The molecule has 3 N–H and O–H groups in total. The SMILES string of the molecule is CCNC(=O)/C(C#N)=C1/Nc2ccc(NS(=O)(=O)c3cccs3)cc2CC(C)O1. The highest BCUT2D eigenvalue weighted by molar-refractivity contribution is 7.94. The van der Waals surface area contributed by atoms with Gasteiger partial charge in [0.1, 0.15) is 16.4 Å². The molecule has 1 aliphatic rings. The van der Waals surface area contributed by atoms with Crippen LogP contribution in [0.2, 0.25) is 0 Å². The van der Waals surface area contributed by atoms with E-state index in [1.165, 1.54) is 6.07 Å². The molecule has 1 aromatic heterocycles. The van der Waals surface area contributed by atoms with Crippen molar-refractivity contribution in [3.05, 3.63) is 52.7 Å². The standard InChI is InChI=1S/C19H20N4O4S2/c1-3-21-18(24)15(11-20)19-22-16-7-6-14(10-13(16)9-12(2)27-19)23-29(25,26)17-5-4-8-28-17/h4-8,10,12,22-23H,3,9H2,1-2H3,(H,21,24)/b19-15-. The van der Waals surface area contributed by atoms with Crippen LogP contribution in [0, 0.1) is 11.3 Å². The molecule has 0 fully saturated rings. The highest BCUT2D eigenvalue weighted by Crippen LogP contribution is 2.30. The zero-order chi connectivity index (χ0) is 21.0. The molecular formula is C19H20N4O4S2. The lowest BCUT2D eigenvalue weighted by Crippen LogP contribution is -2.27. The Morgan fingerprint density at radius 3 is 2.86 bits per heavy atom. The van der Waals surface area contributed by atoms with Gasteiger partial charge < -0.3 is 15.4 Å². The molecule has 8 nitrogen and oxygen atoms in total. The second-order valence-electron chi connectivity index (χ2n) is 6.34. The number of carbonyl (C=O) groups is 1. The summed E-state index contributed by atoms with van der Waals surface area (Å²) in [6, 6.07) is 10.1. The Labute approximate surface area is 173 Å². The number of ether oxygens (including phenoxy) is 1. The predicted octanol–water partition coefficient (Wildman–Crippen LogP) is 2.79. The first kappa shape index (κ1) is 20.7.